The van der Waals surface area contributed by atoms with E-state index >= 15 is 0 Å². The molecule has 0 aliphatic heterocycles. The minimum absolute atomic E-state index is 0.0429. The van der Waals surface area contributed by atoms with Crippen LogP contribution < -0.4 is 0 Å². The van der Waals surface area contributed by atoms with Crippen LogP contribution in [0.25, 0.3) is 0 Å². The molecular formula is C26H45NO8. The number of rotatable bonds is 15. The molecule has 9 nitrogen and oxygen atoms in total. The maximum atomic E-state index is 12.3. The van der Waals surface area contributed by atoms with Crippen molar-refractivity contribution in [1.29, 1.82) is 0 Å². The van der Waals surface area contributed by atoms with E-state index in [0.717, 1.165) is 12.3 Å². The summed E-state index contributed by atoms with van der Waals surface area (Å²) in [4.78, 5) is 48.8. The molecular weight excluding hydrogens is 454 g/mol. The molecule has 1 rings (SSSR count). The largest absolute Gasteiger partial charge is 0.465 e. The number of nitrogens with zero attached hydrogens (tertiary/aromatic N) is 1. The predicted molar refractivity (Wildman–Crippen MR) is 131 cm³/mol. The molecule has 0 radical (unpaired) electrons. The van der Waals surface area contributed by atoms with Gasteiger partial charge in [0.05, 0.1) is 32.2 Å². The molecule has 1 amide bonds. The van der Waals surface area contributed by atoms with Gasteiger partial charge in [0.15, 0.2) is 0 Å². The Hall–Kier alpha value is -2.16. The van der Waals surface area contributed by atoms with Crippen LogP contribution in [-0.2, 0) is 33.3 Å². The Morgan fingerprint density at radius 1 is 0.943 bits per heavy atom. The summed E-state index contributed by atoms with van der Waals surface area (Å²) in [5, 5.41) is 0. The van der Waals surface area contributed by atoms with E-state index in [-0.39, 0.29) is 57.6 Å². The number of carbonyl (C=O) groups excluding carboxylic acids is 4. The minimum Gasteiger partial charge on any atom is -0.465 e. The highest BCUT2D eigenvalue weighted by Crippen LogP contribution is 2.31. The van der Waals surface area contributed by atoms with Crippen LogP contribution >= 0.6 is 0 Å². The van der Waals surface area contributed by atoms with Crippen LogP contribution in [0.15, 0.2) is 0 Å². The lowest BCUT2D eigenvalue weighted by Crippen LogP contribution is -2.39. The molecule has 0 spiro atoms. The lowest BCUT2D eigenvalue weighted by atomic mass is 9.81. The van der Waals surface area contributed by atoms with Crippen LogP contribution in [0.5, 0.6) is 0 Å². The molecule has 1 unspecified atom stereocenters. The van der Waals surface area contributed by atoms with E-state index in [1.54, 1.807) is 20.8 Å². The fourth-order valence-electron chi connectivity index (χ4n) is 3.94. The van der Waals surface area contributed by atoms with Crippen molar-refractivity contribution in [2.24, 2.45) is 17.8 Å². The molecule has 0 heterocycles. The second kappa shape index (κ2) is 16.5. The number of esters is 2. The van der Waals surface area contributed by atoms with Crippen molar-refractivity contribution in [2.45, 2.75) is 84.7 Å². The van der Waals surface area contributed by atoms with Crippen LogP contribution in [0, 0.1) is 17.8 Å². The van der Waals surface area contributed by atoms with E-state index in [1.165, 1.54) is 37.7 Å². The fraction of sp³-hybridized carbons (Fsp3) is 0.846. The van der Waals surface area contributed by atoms with E-state index in [9.17, 15) is 19.2 Å². The van der Waals surface area contributed by atoms with E-state index in [4.69, 9.17) is 18.9 Å². The van der Waals surface area contributed by atoms with E-state index < -0.39 is 17.7 Å². The van der Waals surface area contributed by atoms with E-state index in [2.05, 4.69) is 6.92 Å². The molecule has 0 bridgehead atoms. The lowest BCUT2D eigenvalue weighted by molar-refractivity contribution is -0.150. The first-order valence-corrected chi connectivity index (χ1v) is 12.8. The van der Waals surface area contributed by atoms with Crippen molar-refractivity contribution >= 4 is 24.3 Å². The average molecular weight is 500 g/mol. The number of amides is 1. The molecule has 1 fully saturated rings. The number of hydrogen-bond acceptors (Lipinski definition) is 8. The molecule has 1 aliphatic rings. The SMILES string of the molecule is COCC(COC(=O)CCC1CCC(C)CC1)COC(=O)CCN(CCC=O)C(=O)OC(C)(C)C. The Morgan fingerprint density at radius 2 is 1.54 bits per heavy atom. The van der Waals surface area contributed by atoms with Crippen LogP contribution in [0.2, 0.25) is 0 Å². The Labute approximate surface area is 210 Å². The van der Waals surface area contributed by atoms with Gasteiger partial charge in [0.1, 0.15) is 11.9 Å². The molecule has 0 aromatic heterocycles. The van der Waals surface area contributed by atoms with Gasteiger partial charge in [-0.1, -0.05) is 32.6 Å². The fourth-order valence-corrected chi connectivity index (χ4v) is 3.94. The second-order valence-electron chi connectivity index (χ2n) is 10.5. The molecule has 202 valence electrons. The molecule has 1 atom stereocenters. The third-order valence-corrected chi connectivity index (χ3v) is 6.01. The zero-order chi connectivity index (χ0) is 26.3. The topological polar surface area (TPSA) is 108 Å². The zero-order valence-corrected chi connectivity index (χ0v) is 22.2. The molecule has 1 aliphatic carbocycles. The smallest absolute Gasteiger partial charge is 0.410 e. The lowest BCUT2D eigenvalue weighted by Gasteiger charge is -2.27. The maximum absolute atomic E-state index is 12.3. The number of aldehydes is 1. The highest BCUT2D eigenvalue weighted by molar-refractivity contribution is 5.72. The van der Waals surface area contributed by atoms with Gasteiger partial charge >= 0.3 is 18.0 Å². The van der Waals surface area contributed by atoms with E-state index in [1.807, 2.05) is 0 Å². The van der Waals surface area contributed by atoms with Gasteiger partial charge < -0.3 is 28.6 Å². The zero-order valence-electron chi connectivity index (χ0n) is 22.2. The van der Waals surface area contributed by atoms with Crippen LogP contribution in [0.4, 0.5) is 4.79 Å². The Morgan fingerprint density at radius 3 is 2.09 bits per heavy atom. The third kappa shape index (κ3) is 14.8. The summed E-state index contributed by atoms with van der Waals surface area (Å²) < 4.78 is 21.2. The average Bonchev–Trinajstić information content (AvgIpc) is 2.79. The van der Waals surface area contributed by atoms with Gasteiger partial charge in [-0.05, 0) is 39.0 Å². The number of carbonyl (C=O) groups is 4. The van der Waals surface area contributed by atoms with Crippen molar-refractivity contribution in [3.05, 3.63) is 0 Å². The first-order chi connectivity index (χ1) is 16.5. The van der Waals surface area contributed by atoms with Crippen molar-refractivity contribution in [1.82, 2.24) is 4.90 Å². The van der Waals surface area contributed by atoms with Gasteiger partial charge in [-0.25, -0.2) is 4.79 Å². The molecule has 0 aromatic rings. The Kier molecular flexibility index (Phi) is 14.6. The number of ether oxygens (including phenoxy) is 4. The van der Waals surface area contributed by atoms with Gasteiger partial charge in [-0.15, -0.1) is 0 Å². The van der Waals surface area contributed by atoms with E-state index in [0.29, 0.717) is 18.6 Å². The highest BCUT2D eigenvalue weighted by Gasteiger charge is 2.23. The molecule has 9 heteroatoms. The summed E-state index contributed by atoms with van der Waals surface area (Å²) in [6.07, 6.45) is 6.30. The van der Waals surface area contributed by atoms with Crippen molar-refractivity contribution in [3.63, 3.8) is 0 Å². The maximum Gasteiger partial charge on any atom is 0.410 e. The van der Waals surface area contributed by atoms with Crippen molar-refractivity contribution in [3.8, 4) is 0 Å². The quantitative estimate of drug-likeness (QED) is 0.188. The molecule has 35 heavy (non-hydrogen) atoms. The van der Waals surface area contributed by atoms with Crippen LogP contribution in [-0.4, -0.2) is 74.8 Å². The first kappa shape index (κ1) is 30.9. The Bertz CT molecular complexity index is 652. The van der Waals surface area contributed by atoms with Crippen LogP contribution in [0.3, 0.4) is 0 Å². The minimum atomic E-state index is -0.684. The predicted octanol–water partition coefficient (Wildman–Crippen LogP) is 4.16. The first-order valence-electron chi connectivity index (χ1n) is 12.8. The van der Waals surface area contributed by atoms with Crippen LogP contribution in [0.1, 0.15) is 79.1 Å². The van der Waals surface area contributed by atoms with Gasteiger partial charge in [0.2, 0.25) is 0 Å². The van der Waals surface area contributed by atoms with Gasteiger partial charge in [-0.2, -0.15) is 0 Å². The summed E-state index contributed by atoms with van der Waals surface area (Å²) in [5.74, 6) is 0.372. The standard InChI is InChI=1S/C26H45NO8/c1-20-7-9-21(10-8-20)11-12-23(29)33-18-22(17-32-5)19-34-24(30)13-15-27(14-6-16-28)25(31)35-26(2,3)4/h16,20-22H,6-15,17-19H2,1-5H3. The van der Waals surface area contributed by atoms with Gasteiger partial charge in [0.25, 0.3) is 0 Å². The van der Waals surface area contributed by atoms with Gasteiger partial charge in [-0.3, -0.25) is 9.59 Å². The molecule has 0 N–H and O–H groups in total. The summed E-state index contributed by atoms with van der Waals surface area (Å²) >= 11 is 0. The summed E-state index contributed by atoms with van der Waals surface area (Å²) in [5.41, 5.74) is -0.684. The summed E-state index contributed by atoms with van der Waals surface area (Å²) in [6, 6.07) is 0. The normalized spacial score (nSPS) is 18.9. The third-order valence-electron chi connectivity index (χ3n) is 6.01. The summed E-state index contributed by atoms with van der Waals surface area (Å²) in [6.45, 7) is 8.19. The highest BCUT2D eigenvalue weighted by atomic mass is 16.6. The monoisotopic (exact) mass is 499 g/mol. The second-order valence-corrected chi connectivity index (χ2v) is 10.5. The Balaban J connectivity index is 2.38. The number of hydrogen-bond donors (Lipinski definition) is 0. The number of methoxy groups -OCH3 is 1. The molecule has 1 saturated carbocycles. The molecule has 0 saturated heterocycles. The van der Waals surface area contributed by atoms with Crippen molar-refractivity contribution < 1.29 is 38.1 Å². The molecule has 0 aromatic carbocycles. The van der Waals surface area contributed by atoms with Crippen molar-refractivity contribution in [2.75, 3.05) is 40.0 Å². The summed E-state index contributed by atoms with van der Waals surface area (Å²) in [7, 11) is 1.53. The van der Waals surface area contributed by atoms with Gasteiger partial charge in [0, 0.05) is 33.0 Å².